The van der Waals surface area contributed by atoms with Crippen LogP contribution in [0.2, 0.25) is 0 Å². The average Bonchev–Trinajstić information content (AvgIpc) is 2.44. The van der Waals surface area contributed by atoms with Crippen molar-refractivity contribution < 1.29 is 9.18 Å². The molecule has 1 atom stereocenters. The molecule has 1 N–H and O–H groups in total. The maximum absolute atomic E-state index is 12.8. The lowest BCUT2D eigenvalue weighted by Gasteiger charge is -2.12. The smallest absolute Gasteiger partial charge is 0.237 e. The van der Waals surface area contributed by atoms with Crippen molar-refractivity contribution in [2.75, 3.05) is 5.32 Å². The quantitative estimate of drug-likeness (QED) is 0.806. The number of benzene rings is 2. The molecule has 0 bridgehead atoms. The second-order valence-corrected chi connectivity index (χ2v) is 6.54. The van der Waals surface area contributed by atoms with Crippen molar-refractivity contribution >= 4 is 39.3 Å². The van der Waals surface area contributed by atoms with E-state index >= 15 is 0 Å². The molecule has 1 amide bonds. The zero-order valence-corrected chi connectivity index (χ0v) is 13.2. The summed E-state index contributed by atoms with van der Waals surface area (Å²) in [5.41, 5.74) is 0.597. The van der Waals surface area contributed by atoms with Gasteiger partial charge in [0.15, 0.2) is 0 Å². The lowest BCUT2D eigenvalue weighted by atomic mass is 10.3. The van der Waals surface area contributed by atoms with Gasteiger partial charge in [-0.25, -0.2) is 4.39 Å². The molecule has 5 heteroatoms. The van der Waals surface area contributed by atoms with Crippen LogP contribution in [0.4, 0.5) is 10.1 Å². The van der Waals surface area contributed by atoms with E-state index in [0.717, 1.165) is 9.37 Å². The second-order valence-electron chi connectivity index (χ2n) is 4.21. The van der Waals surface area contributed by atoms with E-state index in [1.54, 1.807) is 12.1 Å². The topological polar surface area (TPSA) is 29.1 Å². The van der Waals surface area contributed by atoms with Gasteiger partial charge in [0.2, 0.25) is 5.91 Å². The van der Waals surface area contributed by atoms with Crippen LogP contribution in [0.3, 0.4) is 0 Å². The lowest BCUT2D eigenvalue weighted by molar-refractivity contribution is -0.115. The highest BCUT2D eigenvalue weighted by Gasteiger charge is 2.14. The number of carbonyl (C=O) groups is 1. The van der Waals surface area contributed by atoms with Crippen molar-refractivity contribution in [1.82, 2.24) is 0 Å². The molecule has 0 saturated carbocycles. The molecule has 0 aliphatic heterocycles. The fourth-order valence-corrected chi connectivity index (χ4v) is 2.68. The predicted molar refractivity (Wildman–Crippen MR) is 84.5 cm³/mol. The average molecular weight is 354 g/mol. The summed E-state index contributed by atoms with van der Waals surface area (Å²) >= 11 is 4.85. The molecule has 0 fully saturated rings. The molecule has 104 valence electrons. The Morgan fingerprint density at radius 3 is 2.35 bits per heavy atom. The molecule has 0 radical (unpaired) electrons. The van der Waals surface area contributed by atoms with E-state index in [4.69, 9.17) is 0 Å². The summed E-state index contributed by atoms with van der Waals surface area (Å²) in [4.78, 5) is 13.1. The minimum absolute atomic E-state index is 0.107. The Labute approximate surface area is 129 Å². The molecule has 0 aromatic heterocycles. The Kier molecular flexibility index (Phi) is 5.20. The summed E-state index contributed by atoms with van der Waals surface area (Å²) in [5, 5.41) is 2.53. The number of hydrogen-bond donors (Lipinski definition) is 1. The van der Waals surface area contributed by atoms with E-state index < -0.39 is 0 Å². The molecule has 20 heavy (non-hydrogen) atoms. The monoisotopic (exact) mass is 353 g/mol. The molecule has 2 nitrogen and oxygen atoms in total. The van der Waals surface area contributed by atoms with Crippen molar-refractivity contribution in [2.45, 2.75) is 17.1 Å². The molecule has 0 aliphatic carbocycles. The predicted octanol–water partition coefficient (Wildman–Crippen LogP) is 4.71. The summed E-state index contributed by atoms with van der Waals surface area (Å²) in [5.74, 6) is -0.426. The van der Waals surface area contributed by atoms with Crippen molar-refractivity contribution in [3.05, 3.63) is 58.8 Å². The van der Waals surface area contributed by atoms with Crippen LogP contribution in [0.15, 0.2) is 57.9 Å². The summed E-state index contributed by atoms with van der Waals surface area (Å²) in [6, 6.07) is 13.5. The maximum Gasteiger partial charge on any atom is 0.237 e. The molecule has 0 unspecified atom stereocenters. The summed E-state index contributed by atoms with van der Waals surface area (Å²) in [7, 11) is 0. The fourth-order valence-electron chi connectivity index (χ4n) is 1.55. The van der Waals surface area contributed by atoms with Gasteiger partial charge in [0.05, 0.1) is 5.25 Å². The molecule has 0 spiro atoms. The van der Waals surface area contributed by atoms with Gasteiger partial charge in [-0.3, -0.25) is 4.79 Å². The van der Waals surface area contributed by atoms with Gasteiger partial charge in [0.1, 0.15) is 5.82 Å². The first-order valence-electron chi connectivity index (χ1n) is 6.03. The van der Waals surface area contributed by atoms with E-state index in [2.05, 4.69) is 21.2 Å². The van der Waals surface area contributed by atoms with Crippen LogP contribution in [-0.4, -0.2) is 11.2 Å². The van der Waals surface area contributed by atoms with Crippen molar-refractivity contribution in [3.63, 3.8) is 0 Å². The number of carbonyl (C=O) groups excluding carboxylic acids is 1. The number of halogens is 2. The number of amides is 1. The van der Waals surface area contributed by atoms with Gasteiger partial charge in [-0.2, -0.15) is 0 Å². The fraction of sp³-hybridized carbons (Fsp3) is 0.133. The number of rotatable bonds is 4. The van der Waals surface area contributed by atoms with Gasteiger partial charge in [-0.05, 0) is 55.5 Å². The maximum atomic E-state index is 12.8. The zero-order chi connectivity index (χ0) is 14.5. The number of anilines is 1. The third kappa shape index (κ3) is 4.35. The molecule has 2 aromatic rings. The molecule has 0 heterocycles. The largest absolute Gasteiger partial charge is 0.325 e. The Morgan fingerprint density at radius 1 is 1.15 bits per heavy atom. The van der Waals surface area contributed by atoms with Gasteiger partial charge in [-0.1, -0.05) is 15.9 Å². The Balaban J connectivity index is 1.94. The van der Waals surface area contributed by atoms with Crippen LogP contribution in [0.1, 0.15) is 6.92 Å². The number of hydrogen-bond acceptors (Lipinski definition) is 2. The minimum atomic E-state index is -0.319. The van der Waals surface area contributed by atoms with Gasteiger partial charge in [0, 0.05) is 15.1 Å². The van der Waals surface area contributed by atoms with Crippen LogP contribution >= 0.6 is 27.7 Å². The summed E-state index contributed by atoms with van der Waals surface area (Å²) in [6.07, 6.45) is 0. The number of thioether (sulfide) groups is 1. The highest BCUT2D eigenvalue weighted by molar-refractivity contribution is 9.10. The normalized spacial score (nSPS) is 11.9. The van der Waals surface area contributed by atoms with Crippen molar-refractivity contribution in [2.24, 2.45) is 0 Å². The Morgan fingerprint density at radius 2 is 1.75 bits per heavy atom. The lowest BCUT2D eigenvalue weighted by Crippen LogP contribution is -2.22. The summed E-state index contributed by atoms with van der Waals surface area (Å²) < 4.78 is 13.8. The van der Waals surface area contributed by atoms with E-state index in [1.165, 1.54) is 23.9 Å². The van der Waals surface area contributed by atoms with E-state index in [0.29, 0.717) is 5.69 Å². The molecule has 0 aliphatic rings. The highest BCUT2D eigenvalue weighted by Crippen LogP contribution is 2.25. The SMILES string of the molecule is C[C@H](Sc1ccc(Br)cc1)C(=O)Nc1ccc(F)cc1. The Bertz CT molecular complexity index is 586. The van der Waals surface area contributed by atoms with Crippen molar-refractivity contribution in [1.29, 1.82) is 0 Å². The second kappa shape index (κ2) is 6.90. The molecule has 2 aromatic carbocycles. The van der Waals surface area contributed by atoms with Crippen molar-refractivity contribution in [3.8, 4) is 0 Å². The third-order valence-electron chi connectivity index (χ3n) is 2.61. The van der Waals surface area contributed by atoms with E-state index in [1.807, 2.05) is 31.2 Å². The standard InChI is InChI=1S/C15H13BrFNOS/c1-10(20-14-8-2-11(16)3-9-14)15(19)18-13-6-4-12(17)5-7-13/h2-10H,1H3,(H,18,19)/t10-/m0/s1. The summed E-state index contributed by atoms with van der Waals surface area (Å²) in [6.45, 7) is 1.84. The number of nitrogens with one attached hydrogen (secondary N) is 1. The van der Waals surface area contributed by atoms with Crippen LogP contribution in [-0.2, 0) is 4.79 Å². The first-order chi connectivity index (χ1) is 9.54. The van der Waals surface area contributed by atoms with Gasteiger partial charge in [0.25, 0.3) is 0 Å². The van der Waals surface area contributed by atoms with Crippen LogP contribution in [0.25, 0.3) is 0 Å². The molecular formula is C15H13BrFNOS. The third-order valence-corrected chi connectivity index (χ3v) is 4.25. The Hall–Kier alpha value is -1.33. The minimum Gasteiger partial charge on any atom is -0.325 e. The van der Waals surface area contributed by atoms with Gasteiger partial charge in [-0.15, -0.1) is 11.8 Å². The molecule has 2 rings (SSSR count). The van der Waals surface area contributed by atoms with Crippen LogP contribution in [0.5, 0.6) is 0 Å². The van der Waals surface area contributed by atoms with Gasteiger partial charge < -0.3 is 5.32 Å². The van der Waals surface area contributed by atoms with Gasteiger partial charge >= 0.3 is 0 Å². The van der Waals surface area contributed by atoms with Crippen LogP contribution < -0.4 is 5.32 Å². The zero-order valence-electron chi connectivity index (χ0n) is 10.8. The highest BCUT2D eigenvalue weighted by atomic mass is 79.9. The van der Waals surface area contributed by atoms with Crippen LogP contribution in [0, 0.1) is 5.82 Å². The van der Waals surface area contributed by atoms with E-state index in [-0.39, 0.29) is 17.0 Å². The molecular weight excluding hydrogens is 341 g/mol. The first kappa shape index (κ1) is 15.1. The molecule has 0 saturated heterocycles. The van der Waals surface area contributed by atoms with E-state index in [9.17, 15) is 9.18 Å². The first-order valence-corrected chi connectivity index (χ1v) is 7.70.